The highest BCUT2D eigenvalue weighted by molar-refractivity contribution is 5.94. The van der Waals surface area contributed by atoms with Gasteiger partial charge in [0.2, 0.25) is 17.7 Å². The highest BCUT2D eigenvalue weighted by Crippen LogP contribution is 2.03. The summed E-state index contributed by atoms with van der Waals surface area (Å²) in [5, 5.41) is 34.1. The molecular weight excluding hydrogens is 428 g/mol. The van der Waals surface area contributed by atoms with E-state index in [9.17, 15) is 29.1 Å². The van der Waals surface area contributed by atoms with Gasteiger partial charge in [0, 0.05) is 24.7 Å². The van der Waals surface area contributed by atoms with Gasteiger partial charge >= 0.3 is 11.9 Å². The summed E-state index contributed by atoms with van der Waals surface area (Å²) >= 11 is 0. The molecule has 5 unspecified atom stereocenters. The van der Waals surface area contributed by atoms with Crippen molar-refractivity contribution in [3.63, 3.8) is 0 Å². The molecule has 5 atom stereocenters. The van der Waals surface area contributed by atoms with Crippen LogP contribution in [0.2, 0.25) is 0 Å². The summed E-state index contributed by atoms with van der Waals surface area (Å²) in [5.74, 6) is -4.98. The van der Waals surface area contributed by atoms with Gasteiger partial charge in [0.05, 0.1) is 18.5 Å². The van der Waals surface area contributed by atoms with E-state index in [1.54, 1.807) is 0 Å². The topological polar surface area (TPSA) is 237 Å². The lowest BCUT2D eigenvalue weighted by Gasteiger charge is -2.24. The average molecular weight is 456 g/mol. The molecule has 1 rings (SSSR count). The van der Waals surface area contributed by atoms with E-state index in [0.29, 0.717) is 5.69 Å². The third-order valence-corrected chi connectivity index (χ3v) is 4.42. The maximum Gasteiger partial charge on any atom is 0.328 e. The number of nitrogens with two attached hydrogens (primary N) is 1. The van der Waals surface area contributed by atoms with Crippen molar-refractivity contribution in [2.24, 2.45) is 5.73 Å². The lowest BCUT2D eigenvalue weighted by Crippen LogP contribution is -2.58. The van der Waals surface area contributed by atoms with E-state index in [1.807, 2.05) is 0 Å². The molecule has 14 heteroatoms. The van der Waals surface area contributed by atoms with E-state index in [4.69, 9.17) is 15.9 Å². The quantitative estimate of drug-likeness (QED) is 0.150. The number of carboxylic acids is 2. The molecule has 0 aromatic carbocycles. The Kier molecular flexibility index (Phi) is 10.2. The Morgan fingerprint density at radius 3 is 2.22 bits per heavy atom. The van der Waals surface area contributed by atoms with Crippen LogP contribution in [0.5, 0.6) is 0 Å². The second-order valence-electron chi connectivity index (χ2n) is 7.18. The monoisotopic (exact) mass is 456 g/mol. The molecule has 0 bridgehead atoms. The number of hydrogen-bond donors (Lipinski definition) is 8. The molecule has 0 spiro atoms. The van der Waals surface area contributed by atoms with Crippen molar-refractivity contribution in [2.75, 3.05) is 0 Å². The second kappa shape index (κ2) is 12.4. The number of H-pyrrole nitrogens is 1. The first kappa shape index (κ1) is 26.5. The zero-order valence-electron chi connectivity index (χ0n) is 17.6. The highest BCUT2D eigenvalue weighted by atomic mass is 16.4. The Hall–Kier alpha value is -3.52. The standard InChI is InChI=1S/C18H28N6O8/c1-8(15(28)24-14(9(2)25)18(31)32)22-17(30)12(5-10-6-20-7-21-10)23-16(29)11(19)3-4-13(26)27/h6-9,11-12,14,25H,3-5,19H2,1-2H3,(H,20,21)(H,22,30)(H,23,29)(H,24,28)(H,26,27)(H,31,32). The number of hydrogen-bond acceptors (Lipinski definition) is 8. The lowest BCUT2D eigenvalue weighted by molar-refractivity contribution is -0.145. The number of imidazole rings is 1. The van der Waals surface area contributed by atoms with Gasteiger partial charge < -0.3 is 42.0 Å². The minimum atomic E-state index is -1.57. The molecule has 0 radical (unpaired) electrons. The fourth-order valence-electron chi connectivity index (χ4n) is 2.56. The SMILES string of the molecule is CC(NC(=O)C(Cc1cnc[nH]1)NC(=O)C(N)CCC(=O)O)C(=O)NC(C(=O)O)C(C)O. The molecule has 9 N–H and O–H groups in total. The van der Waals surface area contributed by atoms with Crippen LogP contribution in [0, 0.1) is 0 Å². The normalized spacial score (nSPS) is 15.5. The second-order valence-corrected chi connectivity index (χ2v) is 7.18. The molecule has 3 amide bonds. The van der Waals surface area contributed by atoms with Crippen molar-refractivity contribution in [1.29, 1.82) is 0 Å². The van der Waals surface area contributed by atoms with Gasteiger partial charge in [-0.25, -0.2) is 9.78 Å². The molecule has 1 heterocycles. The Labute approximate surface area is 183 Å². The summed E-state index contributed by atoms with van der Waals surface area (Å²) in [4.78, 5) is 65.6. The number of aliphatic hydroxyl groups excluding tert-OH is 1. The largest absolute Gasteiger partial charge is 0.481 e. The van der Waals surface area contributed by atoms with Gasteiger partial charge in [0.1, 0.15) is 12.1 Å². The zero-order chi connectivity index (χ0) is 24.4. The maximum atomic E-state index is 12.7. The van der Waals surface area contributed by atoms with Gasteiger partial charge in [-0.05, 0) is 20.3 Å². The van der Waals surface area contributed by atoms with Crippen LogP contribution in [0.3, 0.4) is 0 Å². The van der Waals surface area contributed by atoms with Gasteiger partial charge in [-0.2, -0.15) is 0 Å². The molecular formula is C18H28N6O8. The first-order valence-electron chi connectivity index (χ1n) is 9.69. The maximum absolute atomic E-state index is 12.7. The summed E-state index contributed by atoms with van der Waals surface area (Å²) in [5.41, 5.74) is 6.17. The van der Waals surface area contributed by atoms with Crippen LogP contribution in [-0.4, -0.2) is 85.2 Å². The van der Waals surface area contributed by atoms with Crippen molar-refractivity contribution in [3.05, 3.63) is 18.2 Å². The Balaban J connectivity index is 2.84. The van der Waals surface area contributed by atoms with Gasteiger partial charge in [0.25, 0.3) is 0 Å². The molecule has 178 valence electrons. The van der Waals surface area contributed by atoms with Gasteiger partial charge in [-0.1, -0.05) is 0 Å². The summed E-state index contributed by atoms with van der Waals surface area (Å²) in [6.45, 7) is 2.48. The van der Waals surface area contributed by atoms with E-state index in [-0.39, 0.29) is 19.3 Å². The third kappa shape index (κ3) is 8.69. The molecule has 0 saturated heterocycles. The number of carbonyl (C=O) groups is 5. The number of carbonyl (C=O) groups excluding carboxylic acids is 3. The number of aliphatic carboxylic acids is 2. The van der Waals surface area contributed by atoms with Crippen LogP contribution in [0.15, 0.2) is 12.5 Å². The predicted octanol–water partition coefficient (Wildman–Crippen LogP) is -2.92. The van der Waals surface area contributed by atoms with Crippen LogP contribution in [0.1, 0.15) is 32.4 Å². The van der Waals surface area contributed by atoms with Gasteiger partial charge in [-0.3, -0.25) is 19.2 Å². The summed E-state index contributed by atoms with van der Waals surface area (Å²) in [6.07, 6.45) is 0.892. The molecule has 0 aliphatic heterocycles. The van der Waals surface area contributed by atoms with Crippen LogP contribution < -0.4 is 21.7 Å². The van der Waals surface area contributed by atoms with Crippen molar-refractivity contribution >= 4 is 29.7 Å². The van der Waals surface area contributed by atoms with E-state index in [2.05, 4.69) is 25.9 Å². The van der Waals surface area contributed by atoms with E-state index in [0.717, 1.165) is 0 Å². The highest BCUT2D eigenvalue weighted by Gasteiger charge is 2.30. The van der Waals surface area contributed by atoms with Crippen LogP contribution in [0.25, 0.3) is 0 Å². The minimum absolute atomic E-state index is 0.0387. The van der Waals surface area contributed by atoms with Crippen molar-refractivity contribution < 1.29 is 39.3 Å². The van der Waals surface area contributed by atoms with E-state index >= 15 is 0 Å². The number of aromatic amines is 1. The zero-order valence-corrected chi connectivity index (χ0v) is 17.6. The Bertz CT molecular complexity index is 812. The fourth-order valence-corrected chi connectivity index (χ4v) is 2.56. The number of amides is 3. The first-order chi connectivity index (χ1) is 14.9. The molecule has 0 aliphatic rings. The minimum Gasteiger partial charge on any atom is -0.481 e. The number of carboxylic acid groups (broad SMARTS) is 2. The fraction of sp³-hybridized carbons (Fsp3) is 0.556. The molecule has 1 aromatic heterocycles. The molecule has 0 saturated carbocycles. The number of aromatic nitrogens is 2. The van der Waals surface area contributed by atoms with Gasteiger partial charge in [0.15, 0.2) is 6.04 Å². The van der Waals surface area contributed by atoms with Crippen molar-refractivity contribution in [1.82, 2.24) is 25.9 Å². The third-order valence-electron chi connectivity index (χ3n) is 4.42. The van der Waals surface area contributed by atoms with Crippen molar-refractivity contribution in [3.8, 4) is 0 Å². The van der Waals surface area contributed by atoms with Crippen LogP contribution in [0.4, 0.5) is 0 Å². The molecule has 32 heavy (non-hydrogen) atoms. The van der Waals surface area contributed by atoms with Crippen LogP contribution in [-0.2, 0) is 30.4 Å². The molecule has 1 aromatic rings. The lowest BCUT2D eigenvalue weighted by atomic mass is 10.1. The Morgan fingerprint density at radius 2 is 1.72 bits per heavy atom. The number of nitrogens with one attached hydrogen (secondary N) is 4. The van der Waals surface area contributed by atoms with Crippen molar-refractivity contribution in [2.45, 2.75) is 63.4 Å². The smallest absolute Gasteiger partial charge is 0.328 e. The summed E-state index contributed by atoms with van der Waals surface area (Å²) in [7, 11) is 0. The number of rotatable bonds is 13. The number of nitrogens with zero attached hydrogens (tertiary/aromatic N) is 1. The first-order valence-corrected chi connectivity index (χ1v) is 9.69. The van der Waals surface area contributed by atoms with Gasteiger partial charge in [-0.15, -0.1) is 0 Å². The molecule has 0 fully saturated rings. The molecule has 14 nitrogen and oxygen atoms in total. The summed E-state index contributed by atoms with van der Waals surface area (Å²) < 4.78 is 0. The van der Waals surface area contributed by atoms with E-state index in [1.165, 1.54) is 26.4 Å². The Morgan fingerprint density at radius 1 is 1.06 bits per heavy atom. The predicted molar refractivity (Wildman–Crippen MR) is 108 cm³/mol. The summed E-state index contributed by atoms with van der Waals surface area (Å²) in [6, 6.07) is -5.15. The number of aliphatic hydroxyl groups is 1. The average Bonchev–Trinajstić information content (AvgIpc) is 3.21. The van der Waals surface area contributed by atoms with Crippen LogP contribution >= 0.6 is 0 Å². The molecule has 0 aliphatic carbocycles. The van der Waals surface area contributed by atoms with E-state index < -0.39 is 59.9 Å².